The Hall–Kier alpha value is -0.320. The van der Waals surface area contributed by atoms with Crippen molar-refractivity contribution in [2.75, 3.05) is 7.05 Å². The molecule has 2 heterocycles. The number of likely N-dealkylation sites (N-methyl/N-ethyl adjacent to an activating group) is 1. The lowest BCUT2D eigenvalue weighted by molar-refractivity contribution is -0.485. The molecule has 8 heteroatoms. The Labute approximate surface area is 160 Å². The van der Waals surface area contributed by atoms with Gasteiger partial charge in [0, 0.05) is 12.3 Å². The van der Waals surface area contributed by atoms with Crippen molar-refractivity contribution < 1.29 is 34.6 Å². The maximum atomic E-state index is 11.4. The molecular formula is C19H35NO7. The predicted octanol–water partition coefficient (Wildman–Crippen LogP) is -0.135. The number of ether oxygens (including phenoxy) is 3. The molecule has 158 valence electrons. The van der Waals surface area contributed by atoms with E-state index < -0.39 is 54.1 Å². The molecule has 10 atom stereocenters. The lowest BCUT2D eigenvalue weighted by Gasteiger charge is -2.60. The first-order valence-electron chi connectivity index (χ1n) is 10.2. The van der Waals surface area contributed by atoms with Gasteiger partial charge < -0.3 is 40.0 Å². The van der Waals surface area contributed by atoms with Gasteiger partial charge >= 0.3 is 0 Å². The zero-order chi connectivity index (χ0) is 20.0. The third kappa shape index (κ3) is 3.34. The summed E-state index contributed by atoms with van der Waals surface area (Å²) in [6.45, 7) is 5.72. The molecule has 2 saturated heterocycles. The van der Waals surface area contributed by atoms with Crippen molar-refractivity contribution in [3.05, 3.63) is 0 Å². The van der Waals surface area contributed by atoms with Crippen LogP contribution in [0.2, 0.25) is 0 Å². The largest absolute Gasteiger partial charge is 0.391 e. The highest BCUT2D eigenvalue weighted by molar-refractivity contribution is 5.10. The highest BCUT2D eigenvalue weighted by atomic mass is 16.8. The fourth-order valence-corrected chi connectivity index (χ4v) is 5.00. The topological polar surface area (TPSA) is 121 Å². The number of unbranched alkanes of at least 4 members (excludes halogenated alkanes) is 1. The summed E-state index contributed by atoms with van der Waals surface area (Å²) in [5.74, 6) is -2.46. The summed E-state index contributed by atoms with van der Waals surface area (Å²) < 4.78 is 17.8. The molecule has 0 amide bonds. The van der Waals surface area contributed by atoms with Gasteiger partial charge in [-0.1, -0.05) is 26.7 Å². The third-order valence-corrected chi connectivity index (χ3v) is 6.57. The van der Waals surface area contributed by atoms with Gasteiger partial charge in [-0.2, -0.15) is 0 Å². The summed E-state index contributed by atoms with van der Waals surface area (Å²) in [6.07, 6.45) is -2.26. The van der Waals surface area contributed by atoms with E-state index in [1.54, 1.807) is 7.05 Å². The normalized spacial score (nSPS) is 52.9. The van der Waals surface area contributed by atoms with Gasteiger partial charge in [0.1, 0.15) is 17.8 Å². The van der Waals surface area contributed by atoms with Gasteiger partial charge in [-0.3, -0.25) is 0 Å². The van der Waals surface area contributed by atoms with Crippen molar-refractivity contribution in [3.63, 3.8) is 0 Å². The highest BCUT2D eigenvalue weighted by Gasteiger charge is 2.68. The van der Waals surface area contributed by atoms with E-state index in [1.165, 1.54) is 0 Å². The lowest BCUT2D eigenvalue weighted by atomic mass is 9.73. The van der Waals surface area contributed by atoms with Crippen molar-refractivity contribution in [1.82, 2.24) is 5.32 Å². The molecule has 5 N–H and O–H groups in total. The predicted molar refractivity (Wildman–Crippen MR) is 96.8 cm³/mol. The lowest BCUT2D eigenvalue weighted by Crippen LogP contribution is -2.78. The number of rotatable bonds is 5. The van der Waals surface area contributed by atoms with E-state index in [0.29, 0.717) is 19.3 Å². The summed E-state index contributed by atoms with van der Waals surface area (Å²) in [5.41, 5.74) is -1.54. The standard InChI is InChI=1S/C19H35NO7/c1-5-7-8-18(23)9-10(3)25-17-19(18,24)27-15-12(20-4)13(21)11(6-2)14(22)16(15)26-17/h10-17,20-24H,5-9H2,1-4H3/t10-,11-,12+,13+,14+,15-,16-,17+,18-,19-/m1/s1. The second kappa shape index (κ2) is 7.84. The van der Waals surface area contributed by atoms with Crippen molar-refractivity contribution >= 4 is 0 Å². The molecular weight excluding hydrogens is 354 g/mol. The van der Waals surface area contributed by atoms with Crippen LogP contribution in [0.3, 0.4) is 0 Å². The minimum absolute atomic E-state index is 0.216. The van der Waals surface area contributed by atoms with E-state index in [-0.39, 0.29) is 12.5 Å². The third-order valence-electron chi connectivity index (χ3n) is 6.57. The number of nitrogens with one attached hydrogen (secondary N) is 1. The number of aliphatic hydroxyl groups is 4. The van der Waals surface area contributed by atoms with E-state index >= 15 is 0 Å². The molecule has 2 aliphatic heterocycles. The summed E-state index contributed by atoms with van der Waals surface area (Å²) in [4.78, 5) is 0. The Morgan fingerprint density at radius 2 is 1.78 bits per heavy atom. The van der Waals surface area contributed by atoms with E-state index in [0.717, 1.165) is 6.42 Å². The van der Waals surface area contributed by atoms with Gasteiger partial charge in [-0.25, -0.2) is 0 Å². The Morgan fingerprint density at radius 3 is 2.37 bits per heavy atom. The first kappa shape index (κ1) is 21.4. The number of aliphatic hydroxyl groups excluding tert-OH is 2. The van der Waals surface area contributed by atoms with Crippen LogP contribution in [0.1, 0.15) is 52.9 Å². The average Bonchev–Trinajstić information content (AvgIpc) is 2.61. The smallest absolute Gasteiger partial charge is 0.248 e. The van der Waals surface area contributed by atoms with E-state index in [4.69, 9.17) is 14.2 Å². The number of hydrogen-bond donors (Lipinski definition) is 5. The Bertz CT molecular complexity index is 522. The molecule has 0 aromatic rings. The molecule has 0 unspecified atom stereocenters. The first-order chi connectivity index (χ1) is 12.7. The summed E-state index contributed by atoms with van der Waals surface area (Å²) in [5, 5.41) is 47.2. The molecule has 0 spiro atoms. The van der Waals surface area contributed by atoms with Crippen LogP contribution in [-0.4, -0.2) is 81.7 Å². The van der Waals surface area contributed by atoms with Crippen molar-refractivity contribution in [2.24, 2.45) is 5.92 Å². The average molecular weight is 389 g/mol. The molecule has 27 heavy (non-hydrogen) atoms. The minimum atomic E-state index is -2.07. The Balaban J connectivity index is 1.94. The molecule has 1 aliphatic carbocycles. The van der Waals surface area contributed by atoms with Crippen LogP contribution in [0.4, 0.5) is 0 Å². The second-order valence-corrected chi connectivity index (χ2v) is 8.37. The van der Waals surface area contributed by atoms with Crippen LogP contribution in [0, 0.1) is 5.92 Å². The molecule has 0 aromatic carbocycles. The number of fused-ring (bicyclic) bond motifs is 2. The van der Waals surface area contributed by atoms with Crippen LogP contribution in [0.25, 0.3) is 0 Å². The molecule has 0 bridgehead atoms. The molecule has 3 rings (SSSR count). The minimum Gasteiger partial charge on any atom is -0.391 e. The van der Waals surface area contributed by atoms with Crippen LogP contribution in [-0.2, 0) is 14.2 Å². The molecule has 8 nitrogen and oxygen atoms in total. The zero-order valence-corrected chi connectivity index (χ0v) is 16.7. The maximum absolute atomic E-state index is 11.4. The summed E-state index contributed by atoms with van der Waals surface area (Å²) >= 11 is 0. The second-order valence-electron chi connectivity index (χ2n) is 8.37. The molecule has 3 aliphatic rings. The van der Waals surface area contributed by atoms with Crippen LogP contribution in [0.5, 0.6) is 0 Å². The van der Waals surface area contributed by atoms with Crippen LogP contribution >= 0.6 is 0 Å². The quantitative estimate of drug-likeness (QED) is 0.441. The summed E-state index contributed by atoms with van der Waals surface area (Å²) in [6, 6.07) is -0.553. The molecule has 3 fully saturated rings. The van der Waals surface area contributed by atoms with Gasteiger partial charge in [0.2, 0.25) is 12.1 Å². The van der Waals surface area contributed by atoms with E-state index in [2.05, 4.69) is 5.32 Å². The van der Waals surface area contributed by atoms with Crippen LogP contribution < -0.4 is 5.32 Å². The van der Waals surface area contributed by atoms with Gasteiger partial charge in [0.15, 0.2) is 0 Å². The number of hydrogen-bond acceptors (Lipinski definition) is 8. The highest BCUT2D eigenvalue weighted by Crippen LogP contribution is 2.49. The maximum Gasteiger partial charge on any atom is 0.248 e. The Kier molecular flexibility index (Phi) is 6.21. The van der Waals surface area contributed by atoms with Gasteiger partial charge in [-0.15, -0.1) is 0 Å². The first-order valence-corrected chi connectivity index (χ1v) is 10.2. The molecule has 0 radical (unpaired) electrons. The van der Waals surface area contributed by atoms with Gasteiger partial charge in [0.05, 0.1) is 24.4 Å². The fourth-order valence-electron chi connectivity index (χ4n) is 5.00. The molecule has 0 aromatic heterocycles. The summed E-state index contributed by atoms with van der Waals surface area (Å²) in [7, 11) is 1.69. The van der Waals surface area contributed by atoms with Crippen molar-refractivity contribution in [2.45, 2.75) is 107 Å². The van der Waals surface area contributed by atoms with Crippen molar-refractivity contribution in [1.29, 1.82) is 0 Å². The van der Waals surface area contributed by atoms with Crippen LogP contribution in [0.15, 0.2) is 0 Å². The van der Waals surface area contributed by atoms with Crippen molar-refractivity contribution in [3.8, 4) is 0 Å². The molecule has 1 saturated carbocycles. The monoisotopic (exact) mass is 389 g/mol. The SMILES string of the molecule is CCCC[C@@]1(O)C[C@@H](C)O[C@H]2O[C@@H]3[C@@H](O)[C@H](CC)[C@H](O)[C@H](NC)[C@H]3O[C@]21O. The van der Waals surface area contributed by atoms with E-state index in [9.17, 15) is 20.4 Å². The van der Waals surface area contributed by atoms with E-state index in [1.807, 2.05) is 20.8 Å². The zero-order valence-electron chi connectivity index (χ0n) is 16.7. The van der Waals surface area contributed by atoms with Gasteiger partial charge in [-0.05, 0) is 26.8 Å². The fraction of sp³-hybridized carbons (Fsp3) is 1.00. The van der Waals surface area contributed by atoms with Gasteiger partial charge in [0.25, 0.3) is 0 Å². The Morgan fingerprint density at radius 1 is 1.07 bits per heavy atom.